The molecule has 0 saturated heterocycles. The predicted molar refractivity (Wildman–Crippen MR) is 61.3 cm³/mol. The molecule has 0 spiro atoms. The first kappa shape index (κ1) is 12.4. The van der Waals surface area contributed by atoms with Crippen molar-refractivity contribution in [2.75, 3.05) is 6.61 Å². The topological polar surface area (TPSA) is 26.3 Å². The molecule has 0 unspecified atom stereocenters. The zero-order valence-corrected chi connectivity index (χ0v) is 9.33. The van der Waals surface area contributed by atoms with Crippen LogP contribution in [0.3, 0.4) is 0 Å². The van der Waals surface area contributed by atoms with Gasteiger partial charge in [0.05, 0.1) is 12.2 Å². The SMILES string of the molecule is C=CCCCOc1ccc(F)cc1C(C)=O. The van der Waals surface area contributed by atoms with Crippen molar-refractivity contribution in [2.24, 2.45) is 0 Å². The zero-order chi connectivity index (χ0) is 12.0. The Morgan fingerprint density at radius 3 is 2.94 bits per heavy atom. The highest BCUT2D eigenvalue weighted by molar-refractivity contribution is 5.96. The van der Waals surface area contributed by atoms with Crippen LogP contribution in [-0.4, -0.2) is 12.4 Å². The normalized spacial score (nSPS) is 9.88. The van der Waals surface area contributed by atoms with Crippen LogP contribution in [0.5, 0.6) is 5.75 Å². The van der Waals surface area contributed by atoms with E-state index in [0.717, 1.165) is 12.8 Å². The Balaban J connectivity index is 2.71. The number of benzene rings is 1. The van der Waals surface area contributed by atoms with E-state index in [2.05, 4.69) is 6.58 Å². The Hall–Kier alpha value is -1.64. The van der Waals surface area contributed by atoms with Gasteiger partial charge >= 0.3 is 0 Å². The van der Waals surface area contributed by atoms with Gasteiger partial charge in [-0.3, -0.25) is 4.79 Å². The monoisotopic (exact) mass is 222 g/mol. The summed E-state index contributed by atoms with van der Waals surface area (Å²) in [7, 11) is 0. The number of Topliss-reactive ketones (excluding diaryl/α,β-unsaturated/α-hetero) is 1. The third-order valence-corrected chi connectivity index (χ3v) is 2.13. The van der Waals surface area contributed by atoms with Crippen molar-refractivity contribution >= 4 is 5.78 Å². The highest BCUT2D eigenvalue weighted by Crippen LogP contribution is 2.20. The van der Waals surface area contributed by atoms with Crippen LogP contribution in [0.4, 0.5) is 4.39 Å². The number of rotatable bonds is 6. The van der Waals surface area contributed by atoms with E-state index in [9.17, 15) is 9.18 Å². The van der Waals surface area contributed by atoms with E-state index in [1.807, 2.05) is 0 Å². The molecule has 0 radical (unpaired) electrons. The van der Waals surface area contributed by atoms with Crippen LogP contribution in [0, 0.1) is 5.82 Å². The number of ketones is 1. The molecule has 1 rings (SSSR count). The average Bonchev–Trinajstić information content (AvgIpc) is 2.26. The third kappa shape index (κ3) is 3.50. The summed E-state index contributed by atoms with van der Waals surface area (Å²) in [6.07, 6.45) is 3.49. The lowest BCUT2D eigenvalue weighted by Gasteiger charge is -2.09. The fourth-order valence-corrected chi connectivity index (χ4v) is 1.31. The molecule has 0 fully saturated rings. The molecule has 0 aromatic heterocycles. The Labute approximate surface area is 94.7 Å². The molecule has 2 nitrogen and oxygen atoms in total. The van der Waals surface area contributed by atoms with E-state index >= 15 is 0 Å². The number of carbonyl (C=O) groups excluding carboxylic acids is 1. The molecule has 16 heavy (non-hydrogen) atoms. The molecule has 0 saturated carbocycles. The summed E-state index contributed by atoms with van der Waals surface area (Å²) in [6.45, 7) is 5.50. The molecule has 0 aliphatic carbocycles. The molecule has 1 aromatic carbocycles. The molecule has 1 aromatic rings. The van der Waals surface area contributed by atoms with Gasteiger partial charge < -0.3 is 4.74 Å². The van der Waals surface area contributed by atoms with Gasteiger partial charge in [-0.15, -0.1) is 6.58 Å². The average molecular weight is 222 g/mol. The lowest BCUT2D eigenvalue weighted by atomic mass is 10.1. The smallest absolute Gasteiger partial charge is 0.163 e. The van der Waals surface area contributed by atoms with Crippen molar-refractivity contribution in [3.8, 4) is 5.75 Å². The molecule has 0 aliphatic heterocycles. The first-order valence-corrected chi connectivity index (χ1v) is 5.19. The van der Waals surface area contributed by atoms with Crippen molar-refractivity contribution in [1.82, 2.24) is 0 Å². The van der Waals surface area contributed by atoms with Crippen molar-refractivity contribution in [3.63, 3.8) is 0 Å². The highest BCUT2D eigenvalue weighted by atomic mass is 19.1. The summed E-state index contributed by atoms with van der Waals surface area (Å²) in [5, 5.41) is 0. The second-order valence-corrected chi connectivity index (χ2v) is 3.48. The lowest BCUT2D eigenvalue weighted by Crippen LogP contribution is -2.03. The van der Waals surface area contributed by atoms with Gasteiger partial charge in [0.25, 0.3) is 0 Å². The van der Waals surface area contributed by atoms with Gasteiger partial charge in [0.2, 0.25) is 0 Å². The van der Waals surface area contributed by atoms with Gasteiger partial charge in [0.1, 0.15) is 11.6 Å². The molecule has 0 amide bonds. The molecule has 0 N–H and O–H groups in total. The molecule has 0 heterocycles. The fourth-order valence-electron chi connectivity index (χ4n) is 1.31. The number of hydrogen-bond donors (Lipinski definition) is 0. The minimum Gasteiger partial charge on any atom is -0.493 e. The first-order valence-electron chi connectivity index (χ1n) is 5.19. The number of allylic oxidation sites excluding steroid dienone is 1. The van der Waals surface area contributed by atoms with E-state index in [-0.39, 0.29) is 5.78 Å². The molecular formula is C13H15FO2. The summed E-state index contributed by atoms with van der Waals surface area (Å²) in [5.74, 6) is -0.181. The maximum atomic E-state index is 12.9. The lowest BCUT2D eigenvalue weighted by molar-refractivity contribution is 0.101. The molecule has 86 valence electrons. The van der Waals surface area contributed by atoms with Crippen LogP contribution >= 0.6 is 0 Å². The van der Waals surface area contributed by atoms with E-state index in [1.165, 1.54) is 25.1 Å². The van der Waals surface area contributed by atoms with E-state index in [4.69, 9.17) is 4.74 Å². The number of hydrogen-bond acceptors (Lipinski definition) is 2. The summed E-state index contributed by atoms with van der Waals surface area (Å²) < 4.78 is 18.3. The minimum atomic E-state index is -0.427. The molecule has 0 atom stereocenters. The minimum absolute atomic E-state index is 0.196. The highest BCUT2D eigenvalue weighted by Gasteiger charge is 2.09. The summed E-state index contributed by atoms with van der Waals surface area (Å²) >= 11 is 0. The van der Waals surface area contributed by atoms with Crippen molar-refractivity contribution in [3.05, 3.63) is 42.2 Å². The van der Waals surface area contributed by atoms with Crippen LogP contribution in [0.1, 0.15) is 30.1 Å². The standard InChI is InChI=1S/C13H15FO2/c1-3-4-5-8-16-13-7-6-11(14)9-12(13)10(2)15/h3,6-7,9H,1,4-5,8H2,2H3. The second-order valence-electron chi connectivity index (χ2n) is 3.48. The van der Waals surface area contributed by atoms with Gasteiger partial charge in [-0.1, -0.05) is 6.08 Å². The summed E-state index contributed by atoms with van der Waals surface area (Å²) in [5.41, 5.74) is 0.290. The number of carbonyl (C=O) groups is 1. The van der Waals surface area contributed by atoms with Crippen LogP contribution < -0.4 is 4.74 Å². The molecule has 0 bridgehead atoms. The Kier molecular flexibility index (Phi) is 4.70. The largest absolute Gasteiger partial charge is 0.493 e. The molecule has 0 aliphatic rings. The van der Waals surface area contributed by atoms with Crippen LogP contribution in [0.25, 0.3) is 0 Å². The van der Waals surface area contributed by atoms with Crippen molar-refractivity contribution in [1.29, 1.82) is 0 Å². The number of ether oxygens (including phenoxy) is 1. The summed E-state index contributed by atoms with van der Waals surface area (Å²) in [6, 6.07) is 3.97. The molecular weight excluding hydrogens is 207 g/mol. The first-order chi connectivity index (χ1) is 7.65. The van der Waals surface area contributed by atoms with Crippen LogP contribution in [0.15, 0.2) is 30.9 Å². The van der Waals surface area contributed by atoms with Gasteiger partial charge in [-0.25, -0.2) is 4.39 Å². The van der Waals surface area contributed by atoms with Crippen LogP contribution in [-0.2, 0) is 0 Å². The van der Waals surface area contributed by atoms with E-state index in [0.29, 0.717) is 17.9 Å². The van der Waals surface area contributed by atoms with Crippen molar-refractivity contribution in [2.45, 2.75) is 19.8 Å². The zero-order valence-electron chi connectivity index (χ0n) is 9.33. The van der Waals surface area contributed by atoms with Crippen LogP contribution in [0.2, 0.25) is 0 Å². The number of halogens is 1. The Morgan fingerprint density at radius 2 is 2.31 bits per heavy atom. The van der Waals surface area contributed by atoms with Gasteiger partial charge in [-0.2, -0.15) is 0 Å². The van der Waals surface area contributed by atoms with Crippen molar-refractivity contribution < 1.29 is 13.9 Å². The maximum absolute atomic E-state index is 12.9. The summed E-state index contributed by atoms with van der Waals surface area (Å²) in [4.78, 5) is 11.2. The Bertz CT molecular complexity index is 386. The maximum Gasteiger partial charge on any atom is 0.163 e. The van der Waals surface area contributed by atoms with E-state index < -0.39 is 5.82 Å². The second kappa shape index (κ2) is 6.05. The number of unbranched alkanes of at least 4 members (excludes halogenated alkanes) is 1. The Morgan fingerprint density at radius 1 is 1.56 bits per heavy atom. The van der Waals surface area contributed by atoms with Gasteiger partial charge in [0, 0.05) is 0 Å². The van der Waals surface area contributed by atoms with Gasteiger partial charge in [-0.05, 0) is 38.0 Å². The predicted octanol–water partition coefficient (Wildman–Crippen LogP) is 3.37. The van der Waals surface area contributed by atoms with Gasteiger partial charge in [0.15, 0.2) is 5.78 Å². The quantitative estimate of drug-likeness (QED) is 0.419. The molecule has 3 heteroatoms. The fraction of sp³-hybridized carbons (Fsp3) is 0.308. The van der Waals surface area contributed by atoms with E-state index in [1.54, 1.807) is 6.08 Å². The third-order valence-electron chi connectivity index (χ3n) is 2.13.